The largest absolute Gasteiger partial charge is 0.497 e. The number of aryl methyl sites for hydroxylation is 2. The molecule has 0 aliphatic rings. The van der Waals surface area contributed by atoms with Gasteiger partial charge in [0.15, 0.2) is 11.0 Å². The van der Waals surface area contributed by atoms with E-state index in [9.17, 15) is 4.79 Å². The van der Waals surface area contributed by atoms with Gasteiger partial charge in [-0.2, -0.15) is 0 Å². The maximum absolute atomic E-state index is 12.5. The van der Waals surface area contributed by atoms with Gasteiger partial charge in [-0.05, 0) is 56.2 Å². The van der Waals surface area contributed by atoms with Crippen LogP contribution in [0, 0.1) is 13.8 Å². The van der Waals surface area contributed by atoms with E-state index in [1.54, 1.807) is 32.4 Å². The molecule has 0 aliphatic carbocycles. The van der Waals surface area contributed by atoms with Crippen LogP contribution >= 0.6 is 11.8 Å². The van der Waals surface area contributed by atoms with Crippen LogP contribution in [0.4, 0.5) is 5.69 Å². The monoisotopic (exact) mass is 456 g/mol. The summed E-state index contributed by atoms with van der Waals surface area (Å²) in [5.74, 6) is 2.71. The summed E-state index contributed by atoms with van der Waals surface area (Å²) in [5, 5.41) is 12.0. The lowest BCUT2D eigenvalue weighted by atomic mass is 10.1. The van der Waals surface area contributed by atoms with Crippen molar-refractivity contribution < 1.29 is 19.0 Å². The van der Waals surface area contributed by atoms with Crippen molar-refractivity contribution in [1.29, 1.82) is 0 Å². The molecular weight excluding hydrogens is 428 g/mol. The Bertz CT molecular complexity index is 1080. The third-order valence-corrected chi connectivity index (χ3v) is 5.94. The normalized spacial score (nSPS) is 10.7. The molecule has 0 aliphatic heterocycles. The van der Waals surface area contributed by atoms with Gasteiger partial charge in [-0.25, -0.2) is 0 Å². The van der Waals surface area contributed by atoms with Gasteiger partial charge in [0.25, 0.3) is 0 Å². The summed E-state index contributed by atoms with van der Waals surface area (Å²) < 4.78 is 18.4. The first-order chi connectivity index (χ1) is 15.4. The van der Waals surface area contributed by atoms with Crippen LogP contribution in [0.1, 0.15) is 23.9 Å². The molecule has 170 valence electrons. The molecule has 1 heterocycles. The highest BCUT2D eigenvalue weighted by Gasteiger charge is 2.15. The van der Waals surface area contributed by atoms with Gasteiger partial charge in [-0.1, -0.05) is 17.8 Å². The lowest BCUT2D eigenvalue weighted by molar-refractivity contribution is -0.113. The SMILES string of the molecule is CCn1c(COc2ccc(C)c(C)c2)nnc1SCC(=O)Nc1ccc(OC)cc1OC. The van der Waals surface area contributed by atoms with Crippen LogP contribution in [-0.4, -0.2) is 40.6 Å². The standard InChI is InChI=1S/C23H28N4O4S/c1-6-27-21(13-31-18-8-7-15(2)16(3)11-18)25-26-23(27)32-14-22(28)24-19-10-9-17(29-4)12-20(19)30-5/h7-12H,6,13-14H2,1-5H3,(H,24,28). The Labute approximate surface area is 192 Å². The van der Waals surface area contributed by atoms with E-state index in [1.165, 1.54) is 22.9 Å². The number of nitrogens with one attached hydrogen (secondary N) is 1. The van der Waals surface area contributed by atoms with Crippen molar-refractivity contribution in [3.63, 3.8) is 0 Å². The molecule has 0 atom stereocenters. The maximum Gasteiger partial charge on any atom is 0.234 e. The van der Waals surface area contributed by atoms with E-state index in [1.807, 2.05) is 29.7 Å². The predicted molar refractivity (Wildman–Crippen MR) is 125 cm³/mol. The zero-order valence-corrected chi connectivity index (χ0v) is 19.8. The lowest BCUT2D eigenvalue weighted by Crippen LogP contribution is -2.15. The molecule has 0 bridgehead atoms. The van der Waals surface area contributed by atoms with Crippen LogP contribution in [0.15, 0.2) is 41.6 Å². The summed E-state index contributed by atoms with van der Waals surface area (Å²) in [6, 6.07) is 11.2. The van der Waals surface area contributed by atoms with E-state index >= 15 is 0 Å². The van der Waals surface area contributed by atoms with Crippen LogP contribution in [0.5, 0.6) is 17.2 Å². The Morgan fingerprint density at radius 3 is 2.50 bits per heavy atom. The quantitative estimate of drug-likeness (QED) is 0.457. The van der Waals surface area contributed by atoms with Crippen LogP contribution in [0.3, 0.4) is 0 Å². The number of thioether (sulfide) groups is 1. The zero-order valence-electron chi connectivity index (χ0n) is 19.0. The molecule has 1 aromatic heterocycles. The Morgan fingerprint density at radius 1 is 1.03 bits per heavy atom. The summed E-state index contributed by atoms with van der Waals surface area (Å²) >= 11 is 1.32. The average molecular weight is 457 g/mol. The number of benzene rings is 2. The molecule has 0 fully saturated rings. The number of hydrogen-bond acceptors (Lipinski definition) is 7. The molecule has 2 aromatic carbocycles. The van der Waals surface area contributed by atoms with Crippen molar-refractivity contribution in [3.8, 4) is 17.2 Å². The summed E-state index contributed by atoms with van der Waals surface area (Å²) in [7, 11) is 3.12. The topological polar surface area (TPSA) is 87.5 Å². The number of anilines is 1. The van der Waals surface area contributed by atoms with Gasteiger partial charge >= 0.3 is 0 Å². The summed E-state index contributed by atoms with van der Waals surface area (Å²) in [6.45, 7) is 7.11. The Balaban J connectivity index is 1.60. The molecule has 3 rings (SSSR count). The van der Waals surface area contributed by atoms with E-state index in [2.05, 4.69) is 29.4 Å². The van der Waals surface area contributed by atoms with Crippen LogP contribution in [0.25, 0.3) is 0 Å². The molecule has 0 radical (unpaired) electrons. The number of carbonyl (C=O) groups is 1. The Kier molecular flexibility index (Phi) is 7.99. The predicted octanol–water partition coefficient (Wildman–Crippen LogP) is 4.24. The first-order valence-electron chi connectivity index (χ1n) is 10.2. The van der Waals surface area contributed by atoms with Crippen molar-refractivity contribution in [1.82, 2.24) is 14.8 Å². The fourth-order valence-corrected chi connectivity index (χ4v) is 3.84. The van der Waals surface area contributed by atoms with E-state index in [-0.39, 0.29) is 11.7 Å². The second-order valence-corrected chi connectivity index (χ2v) is 8.02. The van der Waals surface area contributed by atoms with Crippen LogP contribution in [-0.2, 0) is 17.9 Å². The fraction of sp³-hybridized carbons (Fsp3) is 0.348. The second-order valence-electron chi connectivity index (χ2n) is 7.08. The van der Waals surface area contributed by atoms with Gasteiger partial charge in [0.2, 0.25) is 5.91 Å². The molecule has 0 spiro atoms. The van der Waals surface area contributed by atoms with Gasteiger partial charge in [0, 0.05) is 12.6 Å². The van der Waals surface area contributed by atoms with Gasteiger partial charge in [0.05, 0.1) is 25.7 Å². The Hall–Kier alpha value is -3.20. The van der Waals surface area contributed by atoms with E-state index in [4.69, 9.17) is 14.2 Å². The smallest absolute Gasteiger partial charge is 0.234 e. The minimum Gasteiger partial charge on any atom is -0.497 e. The minimum atomic E-state index is -0.169. The maximum atomic E-state index is 12.5. The summed E-state index contributed by atoms with van der Waals surface area (Å²) in [5.41, 5.74) is 2.98. The van der Waals surface area contributed by atoms with Crippen molar-refractivity contribution in [2.75, 3.05) is 25.3 Å². The molecule has 8 nitrogen and oxygen atoms in total. The fourth-order valence-electron chi connectivity index (χ4n) is 3.02. The van der Waals surface area contributed by atoms with E-state index in [0.717, 1.165) is 5.75 Å². The number of nitrogens with zero attached hydrogens (tertiary/aromatic N) is 3. The van der Waals surface area contributed by atoms with Crippen molar-refractivity contribution in [2.24, 2.45) is 0 Å². The van der Waals surface area contributed by atoms with Crippen molar-refractivity contribution >= 4 is 23.4 Å². The summed E-state index contributed by atoms with van der Waals surface area (Å²) in [6.07, 6.45) is 0. The van der Waals surface area contributed by atoms with Gasteiger partial charge in [0.1, 0.15) is 23.9 Å². The highest BCUT2D eigenvalue weighted by atomic mass is 32.2. The number of ether oxygens (including phenoxy) is 3. The lowest BCUT2D eigenvalue weighted by Gasteiger charge is -2.12. The Morgan fingerprint density at radius 2 is 1.81 bits per heavy atom. The first kappa shape index (κ1) is 23.5. The van der Waals surface area contributed by atoms with Crippen LogP contribution in [0.2, 0.25) is 0 Å². The third kappa shape index (κ3) is 5.73. The number of methoxy groups -OCH3 is 2. The molecule has 0 unspecified atom stereocenters. The zero-order chi connectivity index (χ0) is 23.1. The van der Waals surface area contributed by atoms with Gasteiger partial charge in [-0.15, -0.1) is 10.2 Å². The van der Waals surface area contributed by atoms with Crippen molar-refractivity contribution in [3.05, 3.63) is 53.3 Å². The number of amides is 1. The minimum absolute atomic E-state index is 0.169. The molecule has 1 N–H and O–H groups in total. The third-order valence-electron chi connectivity index (χ3n) is 4.97. The number of rotatable bonds is 10. The number of aromatic nitrogens is 3. The van der Waals surface area contributed by atoms with Crippen LogP contribution < -0.4 is 19.5 Å². The van der Waals surface area contributed by atoms with E-state index in [0.29, 0.717) is 41.3 Å². The van der Waals surface area contributed by atoms with E-state index < -0.39 is 0 Å². The molecular formula is C23H28N4O4S. The molecule has 3 aromatic rings. The molecule has 9 heteroatoms. The van der Waals surface area contributed by atoms with Gasteiger partial charge in [-0.3, -0.25) is 4.79 Å². The van der Waals surface area contributed by atoms with Crippen molar-refractivity contribution in [2.45, 2.75) is 39.1 Å². The average Bonchev–Trinajstić information content (AvgIpc) is 3.20. The molecule has 1 amide bonds. The molecule has 0 saturated carbocycles. The molecule has 0 saturated heterocycles. The molecule has 32 heavy (non-hydrogen) atoms. The highest BCUT2D eigenvalue weighted by Crippen LogP contribution is 2.29. The second kappa shape index (κ2) is 10.9. The number of carbonyl (C=O) groups excluding carboxylic acids is 1. The summed E-state index contributed by atoms with van der Waals surface area (Å²) in [4.78, 5) is 12.5. The first-order valence-corrected chi connectivity index (χ1v) is 11.2. The van der Waals surface area contributed by atoms with Gasteiger partial charge < -0.3 is 24.1 Å². The highest BCUT2D eigenvalue weighted by molar-refractivity contribution is 7.99. The number of hydrogen-bond donors (Lipinski definition) is 1.